The molecule has 3 aromatic rings. The predicted octanol–water partition coefficient (Wildman–Crippen LogP) is 5.98. The van der Waals surface area contributed by atoms with E-state index in [2.05, 4.69) is 70.3 Å². The Bertz CT molecular complexity index is 987. The third-order valence-electron chi connectivity index (χ3n) is 7.03. The normalized spacial score (nSPS) is 27.4. The zero-order valence-electron chi connectivity index (χ0n) is 15.9. The van der Waals surface area contributed by atoms with Crippen LogP contribution in [0.15, 0.2) is 65.4 Å². The Balaban J connectivity index is 1.68. The standard InChI is InChI=1S/C24H23NOS2/c1-26-19-9-4-7-16-18-15-24(20-10-5-13-27-20,21-11-6-14-28-21)23(22(16)19)17-8-2-3-12-25(17)18/h2-7,9-11,13-14,17-18,23H,8,12,15H2,1H3. The lowest BCUT2D eigenvalue weighted by atomic mass is 9.54. The first kappa shape index (κ1) is 17.0. The Morgan fingerprint density at radius 3 is 2.46 bits per heavy atom. The van der Waals surface area contributed by atoms with Crippen molar-refractivity contribution < 1.29 is 4.74 Å². The van der Waals surface area contributed by atoms with E-state index in [0.717, 1.165) is 25.1 Å². The van der Waals surface area contributed by atoms with Crippen LogP contribution < -0.4 is 4.74 Å². The highest BCUT2D eigenvalue weighted by Crippen LogP contribution is 2.66. The van der Waals surface area contributed by atoms with Crippen LogP contribution in [0.1, 0.15) is 45.7 Å². The molecule has 2 bridgehead atoms. The summed E-state index contributed by atoms with van der Waals surface area (Å²) in [6.07, 6.45) is 7.03. The van der Waals surface area contributed by atoms with Gasteiger partial charge in [0.1, 0.15) is 5.75 Å². The summed E-state index contributed by atoms with van der Waals surface area (Å²) in [5, 5.41) is 4.49. The molecule has 142 valence electrons. The fraction of sp³-hybridized carbons (Fsp3) is 0.333. The zero-order chi connectivity index (χ0) is 18.7. The van der Waals surface area contributed by atoms with Crippen LogP contribution in [0.3, 0.4) is 0 Å². The third kappa shape index (κ3) is 2.11. The van der Waals surface area contributed by atoms with Crippen molar-refractivity contribution in [2.45, 2.75) is 36.3 Å². The van der Waals surface area contributed by atoms with Crippen LogP contribution in [0.5, 0.6) is 5.75 Å². The number of methoxy groups -OCH3 is 1. The lowest BCUT2D eigenvalue weighted by Gasteiger charge is -2.61. The Labute approximate surface area is 174 Å². The quantitative estimate of drug-likeness (QED) is 0.497. The van der Waals surface area contributed by atoms with Crippen molar-refractivity contribution in [3.63, 3.8) is 0 Å². The molecule has 5 heterocycles. The van der Waals surface area contributed by atoms with E-state index in [1.165, 1.54) is 20.9 Å². The van der Waals surface area contributed by atoms with Crippen molar-refractivity contribution >= 4 is 22.7 Å². The van der Waals surface area contributed by atoms with Gasteiger partial charge in [0.05, 0.1) is 7.11 Å². The molecular formula is C24H23NOS2. The van der Waals surface area contributed by atoms with E-state index < -0.39 is 0 Å². The molecule has 4 heteroatoms. The Morgan fingerprint density at radius 2 is 1.79 bits per heavy atom. The summed E-state index contributed by atoms with van der Waals surface area (Å²) in [6, 6.07) is 16.8. The van der Waals surface area contributed by atoms with Crippen molar-refractivity contribution in [3.8, 4) is 5.75 Å². The van der Waals surface area contributed by atoms with E-state index >= 15 is 0 Å². The van der Waals surface area contributed by atoms with Gasteiger partial charge in [0.15, 0.2) is 0 Å². The molecule has 3 unspecified atom stereocenters. The number of hydrogen-bond donors (Lipinski definition) is 0. The van der Waals surface area contributed by atoms with Crippen LogP contribution in [-0.4, -0.2) is 24.6 Å². The second-order valence-corrected chi connectivity index (χ2v) is 9.95. The van der Waals surface area contributed by atoms with Crippen molar-refractivity contribution in [1.29, 1.82) is 0 Å². The number of fused-ring (bicyclic) bond motifs is 1. The van der Waals surface area contributed by atoms with Gasteiger partial charge >= 0.3 is 0 Å². The van der Waals surface area contributed by atoms with Crippen LogP contribution in [0.25, 0.3) is 0 Å². The molecule has 0 amide bonds. The van der Waals surface area contributed by atoms with Gasteiger partial charge in [-0.3, -0.25) is 4.90 Å². The van der Waals surface area contributed by atoms with Gasteiger partial charge in [-0.1, -0.05) is 36.4 Å². The van der Waals surface area contributed by atoms with Crippen molar-refractivity contribution in [2.75, 3.05) is 13.7 Å². The van der Waals surface area contributed by atoms with E-state index in [1.807, 2.05) is 29.8 Å². The fourth-order valence-electron chi connectivity index (χ4n) is 6.05. The first-order chi connectivity index (χ1) is 13.8. The Hall–Kier alpha value is -1.88. The number of piperidine rings is 1. The molecule has 0 radical (unpaired) electrons. The summed E-state index contributed by atoms with van der Waals surface area (Å²) in [7, 11) is 1.83. The summed E-state index contributed by atoms with van der Waals surface area (Å²) in [5.74, 6) is 1.48. The van der Waals surface area contributed by atoms with Gasteiger partial charge in [-0.05, 0) is 47.4 Å². The number of rotatable bonds is 3. The van der Waals surface area contributed by atoms with Crippen LogP contribution in [0, 0.1) is 0 Å². The van der Waals surface area contributed by atoms with Crippen LogP contribution in [0.4, 0.5) is 0 Å². The van der Waals surface area contributed by atoms with Gasteiger partial charge in [-0.15, -0.1) is 22.7 Å². The summed E-state index contributed by atoms with van der Waals surface area (Å²) < 4.78 is 5.94. The molecule has 28 heavy (non-hydrogen) atoms. The number of benzene rings is 1. The van der Waals surface area contributed by atoms with Crippen molar-refractivity contribution in [2.24, 2.45) is 0 Å². The molecule has 2 aromatic heterocycles. The number of hydrogen-bond acceptors (Lipinski definition) is 4. The fourth-order valence-corrected chi connectivity index (χ4v) is 8.10. The monoisotopic (exact) mass is 405 g/mol. The smallest absolute Gasteiger partial charge is 0.122 e. The second kappa shape index (κ2) is 6.31. The minimum atomic E-state index is 0.0426. The van der Waals surface area contributed by atoms with Crippen molar-refractivity contribution in [1.82, 2.24) is 4.90 Å². The van der Waals surface area contributed by atoms with Gasteiger partial charge in [0, 0.05) is 45.3 Å². The Morgan fingerprint density at radius 1 is 1.00 bits per heavy atom. The van der Waals surface area contributed by atoms with Crippen LogP contribution in [0.2, 0.25) is 0 Å². The van der Waals surface area contributed by atoms with E-state index in [0.29, 0.717) is 18.0 Å². The lowest BCUT2D eigenvalue weighted by molar-refractivity contribution is 0.0144. The molecule has 0 N–H and O–H groups in total. The molecule has 1 aromatic carbocycles. The molecule has 2 nitrogen and oxygen atoms in total. The maximum atomic E-state index is 5.94. The average Bonchev–Trinajstić information content (AvgIpc) is 3.48. The van der Waals surface area contributed by atoms with E-state index in [4.69, 9.17) is 4.74 Å². The van der Waals surface area contributed by atoms with Gasteiger partial charge < -0.3 is 4.74 Å². The topological polar surface area (TPSA) is 12.5 Å². The molecule has 1 fully saturated rings. The zero-order valence-corrected chi connectivity index (χ0v) is 17.5. The predicted molar refractivity (Wildman–Crippen MR) is 117 cm³/mol. The minimum Gasteiger partial charge on any atom is -0.496 e. The summed E-state index contributed by atoms with van der Waals surface area (Å²) in [5.41, 5.74) is 2.99. The van der Waals surface area contributed by atoms with Gasteiger partial charge in [0.25, 0.3) is 0 Å². The molecular weight excluding hydrogens is 382 g/mol. The van der Waals surface area contributed by atoms with Gasteiger partial charge in [0.2, 0.25) is 0 Å². The van der Waals surface area contributed by atoms with E-state index in [1.54, 1.807) is 0 Å². The molecule has 1 saturated heterocycles. The summed E-state index contributed by atoms with van der Waals surface area (Å²) in [4.78, 5) is 5.78. The van der Waals surface area contributed by atoms with E-state index in [9.17, 15) is 0 Å². The van der Waals surface area contributed by atoms with Gasteiger partial charge in [-0.2, -0.15) is 0 Å². The molecule has 3 aliphatic heterocycles. The second-order valence-electron chi connectivity index (χ2n) is 8.06. The SMILES string of the molecule is COc1cccc2c1C1C3CC=CCN3C2CC1(c1cccs1)c1cccs1. The van der Waals surface area contributed by atoms with Gasteiger partial charge in [-0.25, -0.2) is 0 Å². The van der Waals surface area contributed by atoms with E-state index in [-0.39, 0.29) is 5.41 Å². The maximum Gasteiger partial charge on any atom is 0.122 e. The van der Waals surface area contributed by atoms with Crippen molar-refractivity contribution in [3.05, 3.63) is 86.3 Å². The highest BCUT2D eigenvalue weighted by molar-refractivity contribution is 7.11. The number of ether oxygens (including phenoxy) is 1. The maximum absolute atomic E-state index is 5.94. The highest BCUT2D eigenvalue weighted by atomic mass is 32.1. The molecule has 1 aliphatic carbocycles. The molecule has 0 saturated carbocycles. The first-order valence-electron chi connectivity index (χ1n) is 10.00. The average molecular weight is 406 g/mol. The molecule has 7 rings (SSSR count). The highest BCUT2D eigenvalue weighted by Gasteiger charge is 2.60. The largest absolute Gasteiger partial charge is 0.496 e. The minimum absolute atomic E-state index is 0.0426. The van der Waals surface area contributed by atoms with Crippen LogP contribution >= 0.6 is 22.7 Å². The Kier molecular flexibility index (Phi) is 3.84. The lowest BCUT2D eigenvalue weighted by Crippen LogP contribution is -2.60. The molecule has 4 aliphatic rings. The number of nitrogens with zero attached hydrogens (tertiary/aromatic N) is 1. The molecule has 3 atom stereocenters. The van der Waals surface area contributed by atoms with Crippen LogP contribution in [-0.2, 0) is 5.41 Å². The molecule has 0 spiro atoms. The third-order valence-corrected chi connectivity index (χ3v) is 9.12. The summed E-state index contributed by atoms with van der Waals surface area (Å²) >= 11 is 3.85. The summed E-state index contributed by atoms with van der Waals surface area (Å²) in [6.45, 7) is 1.06. The first-order valence-corrected chi connectivity index (χ1v) is 11.8. The number of thiophene rings is 2.